The fraction of sp³-hybridized carbons (Fsp3) is 0.909. The summed E-state index contributed by atoms with van der Waals surface area (Å²) in [5.41, 5.74) is 0. The first-order valence-corrected chi connectivity index (χ1v) is 5.80. The molecule has 2 aliphatic rings. The third-order valence-corrected chi connectivity index (χ3v) is 3.45. The fourth-order valence-corrected chi connectivity index (χ4v) is 2.55. The van der Waals surface area contributed by atoms with Gasteiger partial charge in [-0.2, -0.15) is 0 Å². The van der Waals surface area contributed by atoms with Crippen molar-refractivity contribution in [2.24, 2.45) is 5.92 Å². The second-order valence-corrected chi connectivity index (χ2v) is 4.58. The molecule has 0 bridgehead atoms. The molecule has 3 heteroatoms. The summed E-state index contributed by atoms with van der Waals surface area (Å²) in [4.78, 5) is 14.0. The Bertz CT molecular complexity index is 211. The van der Waals surface area contributed by atoms with E-state index in [1.54, 1.807) is 0 Å². The van der Waals surface area contributed by atoms with Gasteiger partial charge in [0.05, 0.1) is 0 Å². The van der Waals surface area contributed by atoms with E-state index in [4.69, 9.17) is 0 Å². The third kappa shape index (κ3) is 1.92. The number of hydrogen-bond donors (Lipinski definition) is 1. The molecule has 1 amide bonds. The monoisotopic (exact) mass is 196 g/mol. The van der Waals surface area contributed by atoms with Gasteiger partial charge in [-0.1, -0.05) is 6.92 Å². The van der Waals surface area contributed by atoms with Crippen LogP contribution in [0.3, 0.4) is 0 Å². The van der Waals surface area contributed by atoms with Gasteiger partial charge in [0.2, 0.25) is 5.91 Å². The molecule has 0 saturated carbocycles. The number of carbonyl (C=O) groups is 1. The van der Waals surface area contributed by atoms with Crippen LogP contribution in [-0.4, -0.2) is 36.5 Å². The van der Waals surface area contributed by atoms with E-state index >= 15 is 0 Å². The van der Waals surface area contributed by atoms with Crippen molar-refractivity contribution >= 4 is 5.91 Å². The van der Waals surface area contributed by atoms with Crippen molar-refractivity contribution < 1.29 is 4.79 Å². The van der Waals surface area contributed by atoms with Gasteiger partial charge in [0.1, 0.15) is 0 Å². The molecule has 0 aliphatic carbocycles. The van der Waals surface area contributed by atoms with Crippen LogP contribution in [0.1, 0.15) is 32.6 Å². The number of nitrogens with one attached hydrogen (secondary N) is 1. The average molecular weight is 196 g/mol. The number of hydrogen-bond acceptors (Lipinski definition) is 2. The topological polar surface area (TPSA) is 32.3 Å². The highest BCUT2D eigenvalue weighted by atomic mass is 16.2. The van der Waals surface area contributed by atoms with Crippen LogP contribution in [0.15, 0.2) is 0 Å². The maximum Gasteiger partial charge on any atom is 0.225 e. The van der Waals surface area contributed by atoms with E-state index in [1.165, 1.54) is 19.3 Å². The van der Waals surface area contributed by atoms with Gasteiger partial charge in [0, 0.05) is 25.0 Å². The molecule has 0 aromatic heterocycles. The van der Waals surface area contributed by atoms with E-state index in [-0.39, 0.29) is 5.92 Å². The molecule has 2 heterocycles. The van der Waals surface area contributed by atoms with Crippen molar-refractivity contribution in [1.82, 2.24) is 10.2 Å². The lowest BCUT2D eigenvalue weighted by molar-refractivity contribution is -0.140. The zero-order valence-corrected chi connectivity index (χ0v) is 8.96. The van der Waals surface area contributed by atoms with E-state index in [1.807, 2.05) is 0 Å². The summed E-state index contributed by atoms with van der Waals surface area (Å²) in [6, 6.07) is 0.471. The second-order valence-electron chi connectivity index (χ2n) is 4.58. The summed E-state index contributed by atoms with van der Waals surface area (Å²) in [6.07, 6.45) is 4.66. The lowest BCUT2D eigenvalue weighted by atomic mass is 9.95. The maximum atomic E-state index is 11.9. The van der Waals surface area contributed by atoms with Crippen LogP contribution >= 0.6 is 0 Å². The quantitative estimate of drug-likeness (QED) is 0.678. The Labute approximate surface area is 85.8 Å². The second kappa shape index (κ2) is 4.30. The number of amides is 1. The molecular formula is C11H20N2O. The normalized spacial score (nSPS) is 34.6. The Balaban J connectivity index is 1.97. The molecule has 2 fully saturated rings. The summed E-state index contributed by atoms with van der Waals surface area (Å²) >= 11 is 0. The molecule has 0 aromatic carbocycles. The van der Waals surface area contributed by atoms with E-state index in [2.05, 4.69) is 17.1 Å². The highest BCUT2D eigenvalue weighted by Gasteiger charge is 2.30. The molecule has 2 saturated heterocycles. The predicted molar refractivity (Wildman–Crippen MR) is 56.0 cm³/mol. The summed E-state index contributed by atoms with van der Waals surface area (Å²) in [6.45, 7) is 5.16. The first kappa shape index (κ1) is 9.97. The number of likely N-dealkylation sites (tertiary alicyclic amines) is 1. The third-order valence-electron chi connectivity index (χ3n) is 3.45. The first-order chi connectivity index (χ1) is 6.79. The zero-order valence-electron chi connectivity index (χ0n) is 8.96. The lowest BCUT2D eigenvalue weighted by Crippen LogP contribution is -2.52. The predicted octanol–water partition coefficient (Wildman–Crippen LogP) is 0.997. The van der Waals surface area contributed by atoms with Gasteiger partial charge in [0.25, 0.3) is 0 Å². The van der Waals surface area contributed by atoms with Gasteiger partial charge in [-0.25, -0.2) is 0 Å². The van der Waals surface area contributed by atoms with Gasteiger partial charge < -0.3 is 10.2 Å². The molecule has 1 N–H and O–H groups in total. The van der Waals surface area contributed by atoms with Gasteiger partial charge in [0.15, 0.2) is 0 Å². The van der Waals surface area contributed by atoms with Crippen LogP contribution in [0.5, 0.6) is 0 Å². The Morgan fingerprint density at radius 1 is 1.36 bits per heavy atom. The number of piperidine rings is 2. The fourth-order valence-electron chi connectivity index (χ4n) is 2.55. The molecular weight excluding hydrogens is 176 g/mol. The smallest absolute Gasteiger partial charge is 0.225 e. The molecule has 2 aliphatic heterocycles. The highest BCUT2D eigenvalue weighted by molar-refractivity contribution is 5.79. The molecule has 2 rings (SSSR count). The van der Waals surface area contributed by atoms with Crippen LogP contribution < -0.4 is 5.32 Å². The molecule has 80 valence electrons. The molecule has 2 unspecified atom stereocenters. The maximum absolute atomic E-state index is 11.9. The number of rotatable bonds is 1. The minimum Gasteiger partial charge on any atom is -0.338 e. The molecule has 0 radical (unpaired) electrons. The first-order valence-electron chi connectivity index (χ1n) is 5.80. The minimum atomic E-state index is 0.255. The van der Waals surface area contributed by atoms with Crippen molar-refractivity contribution in [3.63, 3.8) is 0 Å². The van der Waals surface area contributed by atoms with E-state index in [0.717, 1.165) is 26.1 Å². The van der Waals surface area contributed by atoms with E-state index < -0.39 is 0 Å². The Hall–Kier alpha value is -0.570. The van der Waals surface area contributed by atoms with Crippen LogP contribution in [0.2, 0.25) is 0 Å². The van der Waals surface area contributed by atoms with Crippen molar-refractivity contribution in [2.45, 2.75) is 38.6 Å². The molecule has 2 atom stereocenters. The minimum absolute atomic E-state index is 0.255. The molecule has 14 heavy (non-hydrogen) atoms. The van der Waals surface area contributed by atoms with Crippen LogP contribution in [-0.2, 0) is 4.79 Å². The van der Waals surface area contributed by atoms with Crippen molar-refractivity contribution in [2.75, 3.05) is 19.6 Å². The molecule has 3 nitrogen and oxygen atoms in total. The largest absolute Gasteiger partial charge is 0.338 e. The Morgan fingerprint density at radius 2 is 2.21 bits per heavy atom. The summed E-state index contributed by atoms with van der Waals surface area (Å²) in [5.74, 6) is 0.635. The lowest BCUT2D eigenvalue weighted by Gasteiger charge is -2.39. The zero-order chi connectivity index (χ0) is 9.97. The van der Waals surface area contributed by atoms with Crippen molar-refractivity contribution in [3.05, 3.63) is 0 Å². The standard InChI is InChI=1S/C11H20N2O/c1-9-4-3-7-13(11(9)14)10-5-2-6-12-8-10/h9-10,12H,2-8H2,1H3. The summed E-state index contributed by atoms with van der Waals surface area (Å²) < 4.78 is 0. The van der Waals surface area contributed by atoms with Gasteiger partial charge in [-0.05, 0) is 32.2 Å². The summed E-state index contributed by atoms with van der Waals surface area (Å²) in [5, 5.41) is 3.37. The van der Waals surface area contributed by atoms with Crippen LogP contribution in [0.4, 0.5) is 0 Å². The highest BCUT2D eigenvalue weighted by Crippen LogP contribution is 2.21. The number of nitrogens with zero attached hydrogens (tertiary/aromatic N) is 1. The van der Waals surface area contributed by atoms with Gasteiger partial charge in [-0.3, -0.25) is 4.79 Å². The van der Waals surface area contributed by atoms with Gasteiger partial charge >= 0.3 is 0 Å². The molecule has 0 spiro atoms. The molecule has 0 aromatic rings. The average Bonchev–Trinajstić information content (AvgIpc) is 2.23. The van der Waals surface area contributed by atoms with E-state index in [0.29, 0.717) is 11.9 Å². The van der Waals surface area contributed by atoms with Crippen molar-refractivity contribution in [3.8, 4) is 0 Å². The Kier molecular flexibility index (Phi) is 3.06. The Morgan fingerprint density at radius 3 is 2.93 bits per heavy atom. The SMILES string of the molecule is CC1CCCN(C2CCCNC2)C1=O. The van der Waals surface area contributed by atoms with Gasteiger partial charge in [-0.15, -0.1) is 0 Å². The number of carbonyl (C=O) groups excluding carboxylic acids is 1. The van der Waals surface area contributed by atoms with E-state index in [9.17, 15) is 4.79 Å². The van der Waals surface area contributed by atoms with Crippen molar-refractivity contribution in [1.29, 1.82) is 0 Å². The summed E-state index contributed by atoms with van der Waals surface area (Å²) in [7, 11) is 0. The van der Waals surface area contributed by atoms with Crippen LogP contribution in [0, 0.1) is 5.92 Å². The van der Waals surface area contributed by atoms with Crippen LogP contribution in [0.25, 0.3) is 0 Å².